The maximum absolute atomic E-state index is 9.35. The Hall–Kier alpha value is -1.06. The van der Waals surface area contributed by atoms with Crippen molar-refractivity contribution < 1.29 is 14.6 Å². The van der Waals surface area contributed by atoms with Crippen molar-refractivity contribution in [3.8, 4) is 5.75 Å². The van der Waals surface area contributed by atoms with Crippen molar-refractivity contribution >= 4 is 29.9 Å². The van der Waals surface area contributed by atoms with Crippen LogP contribution in [-0.4, -0.2) is 50.1 Å². The van der Waals surface area contributed by atoms with E-state index in [2.05, 4.69) is 21.7 Å². The number of aliphatic hydroxyl groups is 1. The Bertz CT molecular complexity index is 596. The molecule has 7 heteroatoms. The summed E-state index contributed by atoms with van der Waals surface area (Å²) in [5.41, 5.74) is 0.828. The largest absolute Gasteiger partial charge is 0.488 e. The lowest BCUT2D eigenvalue weighted by Gasteiger charge is -2.28. The average molecular weight is 491 g/mol. The molecule has 1 saturated heterocycles. The van der Waals surface area contributed by atoms with Crippen molar-refractivity contribution in [3.05, 3.63) is 29.8 Å². The van der Waals surface area contributed by atoms with Crippen LogP contribution in [0, 0.1) is 5.41 Å². The van der Waals surface area contributed by atoms with E-state index in [1.807, 2.05) is 39.0 Å². The van der Waals surface area contributed by atoms with Crippen LogP contribution in [-0.2, 0) is 11.3 Å². The van der Waals surface area contributed by atoms with Crippen LogP contribution in [0.15, 0.2) is 29.3 Å². The molecule has 1 fully saturated rings. The highest BCUT2D eigenvalue weighted by molar-refractivity contribution is 14.0. The molecule has 0 aliphatic carbocycles. The van der Waals surface area contributed by atoms with Gasteiger partial charge in [-0.2, -0.15) is 0 Å². The summed E-state index contributed by atoms with van der Waals surface area (Å²) in [5, 5.41) is 16.1. The molecule has 0 amide bonds. The summed E-state index contributed by atoms with van der Waals surface area (Å²) in [6.45, 7) is 9.09. The monoisotopic (exact) mass is 491 g/mol. The molecule has 0 aromatic heterocycles. The lowest BCUT2D eigenvalue weighted by molar-refractivity contribution is 0.127. The third-order valence-electron chi connectivity index (χ3n) is 4.52. The minimum Gasteiger partial charge on any atom is -0.488 e. The van der Waals surface area contributed by atoms with Crippen molar-refractivity contribution in [2.24, 2.45) is 10.4 Å². The maximum atomic E-state index is 9.35. The molecule has 0 bridgehead atoms. The number of rotatable bonds is 7. The normalized spacial score (nSPS) is 20.1. The Morgan fingerprint density at radius 3 is 2.63 bits per heavy atom. The second-order valence-electron chi connectivity index (χ2n) is 7.88. The number of hydrogen-bond acceptors (Lipinski definition) is 4. The molecular formula is C20H34IN3O3. The number of guanidine groups is 1. The van der Waals surface area contributed by atoms with E-state index in [0.29, 0.717) is 13.2 Å². The molecule has 0 saturated carbocycles. The molecule has 2 rings (SSSR count). The number of aliphatic hydroxyl groups excluding tert-OH is 1. The molecule has 6 nitrogen and oxygen atoms in total. The topological polar surface area (TPSA) is 75.1 Å². The average Bonchev–Trinajstić information content (AvgIpc) is 3.04. The smallest absolute Gasteiger partial charge is 0.191 e. The van der Waals surface area contributed by atoms with Crippen LogP contribution in [0.1, 0.15) is 39.2 Å². The highest BCUT2D eigenvalue weighted by Crippen LogP contribution is 2.31. The van der Waals surface area contributed by atoms with Gasteiger partial charge in [0.05, 0.1) is 6.61 Å². The number of nitrogens with one attached hydrogen (secondary N) is 2. The van der Waals surface area contributed by atoms with Crippen LogP contribution in [0.2, 0.25) is 0 Å². The number of ether oxygens (including phenoxy) is 2. The minimum atomic E-state index is -0.241. The molecule has 3 N–H and O–H groups in total. The van der Waals surface area contributed by atoms with E-state index in [1.165, 1.54) is 0 Å². The molecular weight excluding hydrogens is 457 g/mol. The SMILES string of the molecule is CN=C(NCc1ccccc1OC(C)(C)C)NCC1(CCO)CCOC1.I. The van der Waals surface area contributed by atoms with E-state index >= 15 is 0 Å². The number of para-hydroxylation sites is 1. The van der Waals surface area contributed by atoms with Gasteiger partial charge in [-0.1, -0.05) is 18.2 Å². The van der Waals surface area contributed by atoms with Gasteiger partial charge in [0, 0.05) is 44.3 Å². The third-order valence-corrected chi connectivity index (χ3v) is 4.52. The summed E-state index contributed by atoms with van der Waals surface area (Å²) >= 11 is 0. The fraction of sp³-hybridized carbons (Fsp3) is 0.650. The quantitative estimate of drug-likeness (QED) is 0.311. The Labute approximate surface area is 180 Å². The van der Waals surface area contributed by atoms with Crippen molar-refractivity contribution in [2.45, 2.75) is 45.8 Å². The van der Waals surface area contributed by atoms with Crippen LogP contribution in [0.4, 0.5) is 0 Å². The molecule has 1 aliphatic heterocycles. The van der Waals surface area contributed by atoms with Gasteiger partial charge in [0.25, 0.3) is 0 Å². The van der Waals surface area contributed by atoms with Gasteiger partial charge < -0.3 is 25.2 Å². The summed E-state index contributed by atoms with van der Waals surface area (Å²) in [4.78, 5) is 4.31. The summed E-state index contributed by atoms with van der Waals surface area (Å²) in [5.74, 6) is 1.61. The lowest BCUT2D eigenvalue weighted by Crippen LogP contribution is -2.44. The fourth-order valence-electron chi connectivity index (χ4n) is 3.06. The second kappa shape index (κ2) is 11.1. The Balaban J connectivity index is 0.00000364. The molecule has 1 heterocycles. The first-order chi connectivity index (χ1) is 12.4. The van der Waals surface area contributed by atoms with Crippen molar-refractivity contribution in [1.82, 2.24) is 10.6 Å². The van der Waals surface area contributed by atoms with Crippen molar-refractivity contribution in [2.75, 3.05) is 33.4 Å². The van der Waals surface area contributed by atoms with E-state index in [1.54, 1.807) is 7.05 Å². The fourth-order valence-corrected chi connectivity index (χ4v) is 3.06. The Morgan fingerprint density at radius 2 is 2.04 bits per heavy atom. The van der Waals surface area contributed by atoms with Crippen LogP contribution in [0.5, 0.6) is 5.75 Å². The van der Waals surface area contributed by atoms with Gasteiger partial charge >= 0.3 is 0 Å². The first kappa shape index (κ1) is 24.0. The zero-order chi connectivity index (χ0) is 19.0. The van der Waals surface area contributed by atoms with Gasteiger partial charge in [-0.15, -0.1) is 24.0 Å². The number of nitrogens with zero attached hydrogens (tertiary/aromatic N) is 1. The van der Waals surface area contributed by atoms with Crippen molar-refractivity contribution in [1.29, 1.82) is 0 Å². The predicted molar refractivity (Wildman–Crippen MR) is 120 cm³/mol. The summed E-state index contributed by atoms with van der Waals surface area (Å²) in [7, 11) is 1.76. The first-order valence-electron chi connectivity index (χ1n) is 9.27. The number of benzene rings is 1. The zero-order valence-corrected chi connectivity index (χ0v) is 19.2. The van der Waals surface area contributed by atoms with Gasteiger partial charge in [0.2, 0.25) is 0 Å². The van der Waals surface area contributed by atoms with E-state index in [0.717, 1.165) is 43.3 Å². The molecule has 1 unspecified atom stereocenters. The molecule has 1 aromatic rings. The molecule has 27 heavy (non-hydrogen) atoms. The van der Waals surface area contributed by atoms with E-state index < -0.39 is 0 Å². The Kier molecular flexibility index (Phi) is 9.83. The number of hydrogen-bond donors (Lipinski definition) is 3. The van der Waals surface area contributed by atoms with Crippen LogP contribution in [0.3, 0.4) is 0 Å². The molecule has 1 aromatic carbocycles. The number of halogens is 1. The van der Waals surface area contributed by atoms with Crippen LogP contribution in [0.25, 0.3) is 0 Å². The number of aliphatic imine (C=N–C) groups is 1. The van der Waals surface area contributed by atoms with Gasteiger partial charge in [0.1, 0.15) is 11.4 Å². The van der Waals surface area contributed by atoms with Crippen LogP contribution < -0.4 is 15.4 Å². The lowest BCUT2D eigenvalue weighted by atomic mass is 9.84. The maximum Gasteiger partial charge on any atom is 0.191 e. The second-order valence-corrected chi connectivity index (χ2v) is 7.88. The zero-order valence-electron chi connectivity index (χ0n) is 16.9. The van der Waals surface area contributed by atoms with E-state index in [4.69, 9.17) is 9.47 Å². The van der Waals surface area contributed by atoms with Gasteiger partial charge in [0.15, 0.2) is 5.96 Å². The standard InChI is InChI=1S/C20H33N3O3.HI/c1-19(2,3)26-17-8-6-5-7-16(17)13-22-18(21-4)23-14-20(9-11-24)10-12-25-15-20;/h5-8,24H,9-15H2,1-4H3,(H2,21,22,23);1H. The van der Waals surface area contributed by atoms with Gasteiger partial charge in [-0.3, -0.25) is 4.99 Å². The molecule has 1 aliphatic rings. The predicted octanol–water partition coefficient (Wildman–Crippen LogP) is 2.94. The Morgan fingerprint density at radius 1 is 1.30 bits per heavy atom. The summed E-state index contributed by atoms with van der Waals surface area (Å²) < 4.78 is 11.6. The molecule has 1 atom stereocenters. The highest BCUT2D eigenvalue weighted by atomic mass is 127. The molecule has 154 valence electrons. The molecule has 0 radical (unpaired) electrons. The van der Waals surface area contributed by atoms with Crippen LogP contribution >= 0.6 is 24.0 Å². The van der Waals surface area contributed by atoms with E-state index in [9.17, 15) is 5.11 Å². The van der Waals surface area contributed by atoms with Gasteiger partial charge in [-0.05, 0) is 39.7 Å². The summed E-state index contributed by atoms with van der Waals surface area (Å²) in [6, 6.07) is 8.04. The highest BCUT2D eigenvalue weighted by Gasteiger charge is 2.34. The third kappa shape index (κ3) is 7.83. The first-order valence-corrected chi connectivity index (χ1v) is 9.27. The van der Waals surface area contributed by atoms with E-state index in [-0.39, 0.29) is 41.6 Å². The minimum absolute atomic E-state index is 0. The van der Waals surface area contributed by atoms with Crippen molar-refractivity contribution in [3.63, 3.8) is 0 Å². The summed E-state index contributed by atoms with van der Waals surface area (Å²) in [6.07, 6.45) is 1.69. The van der Waals surface area contributed by atoms with Gasteiger partial charge in [-0.25, -0.2) is 0 Å². The molecule has 0 spiro atoms.